The van der Waals surface area contributed by atoms with Crippen LogP contribution in [-0.2, 0) is 11.8 Å². The fourth-order valence-corrected chi connectivity index (χ4v) is 3.83. The van der Waals surface area contributed by atoms with E-state index in [9.17, 15) is 9.59 Å². The minimum absolute atomic E-state index is 0.116. The van der Waals surface area contributed by atoms with Crippen LogP contribution in [0.15, 0.2) is 48.5 Å². The summed E-state index contributed by atoms with van der Waals surface area (Å²) in [5.74, 6) is -0.163. The maximum Gasteiger partial charge on any atom is 0.273 e. The summed E-state index contributed by atoms with van der Waals surface area (Å²) < 4.78 is 1.79. The zero-order chi connectivity index (χ0) is 18.3. The summed E-state index contributed by atoms with van der Waals surface area (Å²) in [7, 11) is 1.82. The van der Waals surface area contributed by atoms with Crippen LogP contribution in [0.3, 0.4) is 0 Å². The predicted octanol–water partition coefficient (Wildman–Crippen LogP) is 4.21. The average molecular weight is 368 g/mol. The van der Waals surface area contributed by atoms with Gasteiger partial charge < -0.3 is 14.8 Å². The number of anilines is 2. The van der Waals surface area contributed by atoms with E-state index in [1.807, 2.05) is 49.5 Å². The van der Waals surface area contributed by atoms with Crippen LogP contribution in [0.2, 0.25) is 5.02 Å². The number of carbonyl (C=O) groups excluding carboxylic acids is 2. The molecule has 1 fully saturated rings. The van der Waals surface area contributed by atoms with Crippen molar-refractivity contribution in [3.05, 3.63) is 59.2 Å². The van der Waals surface area contributed by atoms with E-state index < -0.39 is 0 Å². The van der Waals surface area contributed by atoms with Crippen LogP contribution in [0.5, 0.6) is 0 Å². The highest BCUT2D eigenvalue weighted by molar-refractivity contribution is 6.39. The van der Waals surface area contributed by atoms with Crippen molar-refractivity contribution < 1.29 is 9.59 Å². The first-order valence-corrected chi connectivity index (χ1v) is 8.89. The molecular formula is C20H18ClN3O2. The van der Waals surface area contributed by atoms with E-state index in [1.54, 1.807) is 15.5 Å². The molecule has 1 aromatic heterocycles. The molecule has 1 aliphatic rings. The Morgan fingerprint density at radius 3 is 2.69 bits per heavy atom. The van der Waals surface area contributed by atoms with Gasteiger partial charge in [0, 0.05) is 42.3 Å². The summed E-state index contributed by atoms with van der Waals surface area (Å²) in [6.07, 6.45) is 1.43. The van der Waals surface area contributed by atoms with Crippen molar-refractivity contribution in [2.24, 2.45) is 7.05 Å². The van der Waals surface area contributed by atoms with Crippen LogP contribution >= 0.6 is 11.6 Å². The van der Waals surface area contributed by atoms with Gasteiger partial charge in [-0.3, -0.25) is 9.59 Å². The molecule has 1 saturated heterocycles. The summed E-state index contributed by atoms with van der Waals surface area (Å²) >= 11 is 6.44. The van der Waals surface area contributed by atoms with Crippen molar-refractivity contribution in [2.75, 3.05) is 16.8 Å². The Kier molecular flexibility index (Phi) is 4.17. The Morgan fingerprint density at radius 1 is 1.15 bits per heavy atom. The van der Waals surface area contributed by atoms with Gasteiger partial charge in [-0.1, -0.05) is 35.9 Å². The molecule has 0 spiro atoms. The second-order valence-electron chi connectivity index (χ2n) is 6.39. The van der Waals surface area contributed by atoms with E-state index in [-0.39, 0.29) is 11.8 Å². The minimum atomic E-state index is -0.279. The van der Waals surface area contributed by atoms with E-state index in [1.165, 1.54) is 0 Å². The highest BCUT2D eigenvalue weighted by Gasteiger charge is 2.23. The van der Waals surface area contributed by atoms with E-state index in [0.29, 0.717) is 29.4 Å². The van der Waals surface area contributed by atoms with Gasteiger partial charge in [0.05, 0.1) is 5.02 Å². The highest BCUT2D eigenvalue weighted by Crippen LogP contribution is 2.31. The van der Waals surface area contributed by atoms with Crippen molar-refractivity contribution in [3.63, 3.8) is 0 Å². The number of rotatable bonds is 3. The Morgan fingerprint density at radius 2 is 1.96 bits per heavy atom. The number of aryl methyl sites for hydroxylation is 1. The molecule has 0 radical (unpaired) electrons. The van der Waals surface area contributed by atoms with E-state index in [2.05, 4.69) is 5.32 Å². The summed E-state index contributed by atoms with van der Waals surface area (Å²) in [5, 5.41) is 4.18. The van der Waals surface area contributed by atoms with Crippen LogP contribution in [0, 0.1) is 0 Å². The third-order valence-corrected chi connectivity index (χ3v) is 5.13. The molecule has 0 unspecified atom stereocenters. The molecule has 1 aliphatic heterocycles. The number of fused-ring (bicyclic) bond motifs is 1. The van der Waals surface area contributed by atoms with Crippen molar-refractivity contribution in [2.45, 2.75) is 12.8 Å². The topological polar surface area (TPSA) is 54.3 Å². The second-order valence-corrected chi connectivity index (χ2v) is 6.77. The molecule has 0 aliphatic carbocycles. The van der Waals surface area contributed by atoms with Gasteiger partial charge in [-0.25, -0.2) is 0 Å². The smallest absolute Gasteiger partial charge is 0.273 e. The Bertz CT molecular complexity index is 986. The summed E-state index contributed by atoms with van der Waals surface area (Å²) in [4.78, 5) is 26.5. The van der Waals surface area contributed by atoms with Crippen molar-refractivity contribution in [1.29, 1.82) is 0 Å². The van der Waals surface area contributed by atoms with Crippen LogP contribution in [0.25, 0.3) is 10.9 Å². The maximum atomic E-state index is 12.8. The molecule has 2 aromatic carbocycles. The monoisotopic (exact) mass is 367 g/mol. The molecule has 6 heteroatoms. The molecule has 26 heavy (non-hydrogen) atoms. The number of aromatic nitrogens is 1. The van der Waals surface area contributed by atoms with Gasteiger partial charge in [0.1, 0.15) is 5.69 Å². The maximum absolute atomic E-state index is 12.8. The molecule has 0 bridgehead atoms. The lowest BCUT2D eigenvalue weighted by Crippen LogP contribution is -2.24. The van der Waals surface area contributed by atoms with E-state index in [0.717, 1.165) is 23.0 Å². The van der Waals surface area contributed by atoms with Crippen LogP contribution in [0.1, 0.15) is 23.3 Å². The number of para-hydroxylation sites is 1. The van der Waals surface area contributed by atoms with Crippen LogP contribution in [-0.4, -0.2) is 22.9 Å². The molecule has 4 rings (SSSR count). The normalized spacial score (nSPS) is 14.2. The zero-order valence-corrected chi connectivity index (χ0v) is 15.1. The molecule has 3 aromatic rings. The Hall–Kier alpha value is -2.79. The Balaban J connectivity index is 1.64. The number of carbonyl (C=O) groups is 2. The fourth-order valence-electron chi connectivity index (χ4n) is 3.46. The van der Waals surface area contributed by atoms with E-state index in [4.69, 9.17) is 11.6 Å². The van der Waals surface area contributed by atoms with Gasteiger partial charge >= 0.3 is 0 Å². The standard InChI is InChI=1S/C20H18ClN3O2/c1-23-16-9-3-2-8-15(16)18(21)19(23)20(26)22-13-6-4-7-14(12-13)24-11-5-10-17(24)25/h2-4,6-9,12H,5,10-11H2,1H3,(H,22,26). The van der Waals surface area contributed by atoms with E-state index >= 15 is 0 Å². The summed E-state index contributed by atoms with van der Waals surface area (Å²) in [6, 6.07) is 15.0. The molecular weight excluding hydrogens is 350 g/mol. The summed E-state index contributed by atoms with van der Waals surface area (Å²) in [6.45, 7) is 0.714. The number of benzene rings is 2. The molecule has 0 saturated carbocycles. The predicted molar refractivity (Wildman–Crippen MR) is 104 cm³/mol. The minimum Gasteiger partial charge on any atom is -0.338 e. The molecule has 132 valence electrons. The molecule has 1 N–H and O–H groups in total. The van der Waals surface area contributed by atoms with Crippen LogP contribution in [0.4, 0.5) is 11.4 Å². The van der Waals surface area contributed by atoms with Gasteiger partial charge in [-0.2, -0.15) is 0 Å². The number of hydrogen-bond acceptors (Lipinski definition) is 2. The fraction of sp³-hybridized carbons (Fsp3) is 0.200. The van der Waals surface area contributed by atoms with Crippen molar-refractivity contribution in [3.8, 4) is 0 Å². The molecule has 5 nitrogen and oxygen atoms in total. The van der Waals surface area contributed by atoms with Crippen molar-refractivity contribution >= 4 is 45.7 Å². The molecule has 0 atom stereocenters. The summed E-state index contributed by atoms with van der Waals surface area (Å²) in [5.41, 5.74) is 2.75. The lowest BCUT2D eigenvalue weighted by Gasteiger charge is -2.17. The van der Waals surface area contributed by atoms with Crippen LogP contribution < -0.4 is 10.2 Å². The van der Waals surface area contributed by atoms with Gasteiger partial charge in [0.2, 0.25) is 5.91 Å². The van der Waals surface area contributed by atoms with Gasteiger partial charge in [0.15, 0.2) is 0 Å². The number of hydrogen-bond donors (Lipinski definition) is 1. The molecule has 2 amide bonds. The molecule has 2 heterocycles. The van der Waals surface area contributed by atoms with Gasteiger partial charge in [0.25, 0.3) is 5.91 Å². The number of nitrogens with zero attached hydrogens (tertiary/aromatic N) is 2. The first-order valence-electron chi connectivity index (χ1n) is 8.51. The third kappa shape index (κ3) is 2.74. The largest absolute Gasteiger partial charge is 0.338 e. The average Bonchev–Trinajstić information content (AvgIpc) is 3.17. The third-order valence-electron chi connectivity index (χ3n) is 4.75. The first-order chi connectivity index (χ1) is 12.6. The lowest BCUT2D eigenvalue weighted by molar-refractivity contribution is -0.117. The Labute approximate surface area is 156 Å². The zero-order valence-electron chi connectivity index (χ0n) is 14.3. The second kappa shape index (κ2) is 6.50. The lowest BCUT2D eigenvalue weighted by atomic mass is 10.2. The first kappa shape index (κ1) is 16.7. The number of halogens is 1. The number of amides is 2. The number of nitrogens with one attached hydrogen (secondary N) is 1. The van der Waals surface area contributed by atoms with Gasteiger partial charge in [-0.15, -0.1) is 0 Å². The van der Waals surface area contributed by atoms with Crippen molar-refractivity contribution in [1.82, 2.24) is 4.57 Å². The SMILES string of the molecule is Cn1c(C(=O)Nc2cccc(N3CCCC3=O)c2)c(Cl)c2ccccc21. The highest BCUT2D eigenvalue weighted by atomic mass is 35.5. The van der Waals surface area contributed by atoms with Gasteiger partial charge in [-0.05, 0) is 30.7 Å². The quantitative estimate of drug-likeness (QED) is 0.753.